The zero-order valence-electron chi connectivity index (χ0n) is 19.1. The maximum absolute atomic E-state index is 12.1. The number of hydrogen-bond donors (Lipinski definition) is 4. The number of carbonyl (C=O) groups excluding carboxylic acids is 2. The molecule has 0 spiro atoms. The molecule has 32 heavy (non-hydrogen) atoms. The number of benzene rings is 1. The number of nitrogens with two attached hydrogens (primary N) is 1. The van der Waals surface area contributed by atoms with Crippen molar-refractivity contribution in [2.75, 3.05) is 26.0 Å². The topological polar surface area (TPSA) is 131 Å². The van der Waals surface area contributed by atoms with Crippen LogP contribution in [0.5, 0.6) is 5.75 Å². The Morgan fingerprint density at radius 2 is 2.00 bits per heavy atom. The van der Waals surface area contributed by atoms with Gasteiger partial charge >= 0.3 is 0 Å². The van der Waals surface area contributed by atoms with E-state index in [4.69, 9.17) is 15.5 Å². The van der Waals surface area contributed by atoms with Gasteiger partial charge in [-0.1, -0.05) is 6.92 Å². The fraction of sp³-hybridized carbons (Fsp3) is 0.478. The lowest BCUT2D eigenvalue weighted by molar-refractivity contribution is -0.122. The number of aromatic nitrogens is 2. The van der Waals surface area contributed by atoms with E-state index in [1.54, 1.807) is 21.1 Å². The molecule has 2 aromatic rings. The number of aryl methyl sites for hydroxylation is 1. The third-order valence-corrected chi connectivity index (χ3v) is 5.54. The molecule has 1 saturated carbocycles. The normalized spacial score (nSPS) is 14.0. The standard InChI is InChI=1S/C23H32N6O3/c1-5-18-19(15-6-7-15)29-22(20(28-18)21(24)30)27-16-10-14(11-17(12-16)32-4)8-9-26-23(31)13(2)25-3/h10-13,15,25H,5-9H2,1-4H3,(H2,24,30)(H,26,31)(H,27,29)/t13-/m0/s1. The number of ether oxygens (including phenoxy) is 1. The highest BCUT2D eigenvalue weighted by Gasteiger charge is 2.30. The predicted octanol–water partition coefficient (Wildman–Crippen LogP) is 2.03. The first-order valence-electron chi connectivity index (χ1n) is 11.0. The van der Waals surface area contributed by atoms with Gasteiger partial charge in [-0.3, -0.25) is 9.59 Å². The van der Waals surface area contributed by atoms with Crippen LogP contribution >= 0.6 is 0 Å². The van der Waals surface area contributed by atoms with Crippen molar-refractivity contribution in [2.24, 2.45) is 5.73 Å². The molecule has 1 aromatic carbocycles. The molecule has 3 rings (SSSR count). The van der Waals surface area contributed by atoms with Gasteiger partial charge in [0, 0.05) is 24.2 Å². The number of likely N-dealkylation sites (N-methyl/N-ethyl adjacent to an activating group) is 1. The smallest absolute Gasteiger partial charge is 0.271 e. The zero-order valence-corrected chi connectivity index (χ0v) is 19.1. The molecular weight excluding hydrogens is 408 g/mol. The molecule has 5 N–H and O–H groups in total. The van der Waals surface area contributed by atoms with Crippen molar-refractivity contribution in [1.82, 2.24) is 20.6 Å². The molecule has 0 unspecified atom stereocenters. The molecule has 1 fully saturated rings. The lowest BCUT2D eigenvalue weighted by Crippen LogP contribution is -2.41. The van der Waals surface area contributed by atoms with Gasteiger partial charge in [0.25, 0.3) is 5.91 Å². The molecule has 0 radical (unpaired) electrons. The first kappa shape index (κ1) is 23.5. The van der Waals surface area contributed by atoms with Crippen LogP contribution in [0.2, 0.25) is 0 Å². The summed E-state index contributed by atoms with van der Waals surface area (Å²) >= 11 is 0. The SMILES string of the molecule is CCc1nc(C(N)=O)c(Nc2cc(CCNC(=O)[C@H](C)NC)cc(OC)c2)nc1C1CC1. The average molecular weight is 441 g/mol. The molecule has 1 aromatic heterocycles. The van der Waals surface area contributed by atoms with Gasteiger partial charge in [0.15, 0.2) is 11.5 Å². The third kappa shape index (κ3) is 5.73. The average Bonchev–Trinajstić information content (AvgIpc) is 3.63. The second-order valence-corrected chi connectivity index (χ2v) is 7.99. The summed E-state index contributed by atoms with van der Waals surface area (Å²) in [5.74, 6) is 0.720. The van der Waals surface area contributed by atoms with E-state index in [-0.39, 0.29) is 17.6 Å². The van der Waals surface area contributed by atoms with E-state index >= 15 is 0 Å². The van der Waals surface area contributed by atoms with Crippen LogP contribution in [-0.4, -0.2) is 48.5 Å². The highest BCUT2D eigenvalue weighted by atomic mass is 16.5. The van der Waals surface area contributed by atoms with E-state index in [2.05, 4.69) is 20.9 Å². The van der Waals surface area contributed by atoms with E-state index in [1.807, 2.05) is 25.1 Å². The number of nitrogens with one attached hydrogen (secondary N) is 3. The van der Waals surface area contributed by atoms with Crippen LogP contribution in [0.4, 0.5) is 11.5 Å². The Balaban J connectivity index is 1.83. The Bertz CT molecular complexity index is 990. The molecule has 172 valence electrons. The number of anilines is 2. The Morgan fingerprint density at radius 1 is 1.25 bits per heavy atom. The predicted molar refractivity (Wildman–Crippen MR) is 123 cm³/mol. The molecule has 0 aliphatic heterocycles. The lowest BCUT2D eigenvalue weighted by atomic mass is 10.1. The molecule has 1 aliphatic rings. The summed E-state index contributed by atoms with van der Waals surface area (Å²) in [5.41, 5.74) is 9.15. The fourth-order valence-electron chi connectivity index (χ4n) is 3.43. The Hall–Kier alpha value is -3.20. The molecule has 1 heterocycles. The Kier molecular flexibility index (Phi) is 7.63. The number of hydrogen-bond acceptors (Lipinski definition) is 7. The molecule has 1 aliphatic carbocycles. The van der Waals surface area contributed by atoms with Crippen LogP contribution in [0, 0.1) is 0 Å². The second-order valence-electron chi connectivity index (χ2n) is 7.99. The maximum Gasteiger partial charge on any atom is 0.271 e. The quantitative estimate of drug-likeness (QED) is 0.420. The Labute approximate surface area is 188 Å². The van der Waals surface area contributed by atoms with Gasteiger partial charge < -0.3 is 26.4 Å². The van der Waals surface area contributed by atoms with Crippen molar-refractivity contribution >= 4 is 23.3 Å². The second kappa shape index (κ2) is 10.4. The largest absolute Gasteiger partial charge is 0.497 e. The number of primary amides is 1. The van der Waals surface area contributed by atoms with Gasteiger partial charge in [0.05, 0.1) is 24.5 Å². The van der Waals surface area contributed by atoms with Gasteiger partial charge in [-0.15, -0.1) is 0 Å². The highest BCUT2D eigenvalue weighted by molar-refractivity contribution is 5.96. The first-order chi connectivity index (χ1) is 15.4. The fourth-order valence-corrected chi connectivity index (χ4v) is 3.43. The van der Waals surface area contributed by atoms with Crippen LogP contribution in [0.25, 0.3) is 0 Å². The monoisotopic (exact) mass is 440 g/mol. The third-order valence-electron chi connectivity index (χ3n) is 5.54. The van der Waals surface area contributed by atoms with Gasteiger partial charge in [-0.25, -0.2) is 9.97 Å². The van der Waals surface area contributed by atoms with Crippen LogP contribution in [0.15, 0.2) is 18.2 Å². The minimum absolute atomic E-state index is 0.0567. The van der Waals surface area contributed by atoms with Crippen molar-refractivity contribution in [1.29, 1.82) is 0 Å². The van der Waals surface area contributed by atoms with Crippen molar-refractivity contribution in [3.05, 3.63) is 40.8 Å². The van der Waals surface area contributed by atoms with Crippen LogP contribution in [0.3, 0.4) is 0 Å². The van der Waals surface area contributed by atoms with Gasteiger partial charge in [0.1, 0.15) is 5.75 Å². The van der Waals surface area contributed by atoms with Gasteiger partial charge in [-0.05, 0) is 57.4 Å². The number of amides is 2. The molecular formula is C23H32N6O3. The minimum atomic E-state index is -0.624. The van der Waals surface area contributed by atoms with Crippen LogP contribution in [-0.2, 0) is 17.6 Å². The van der Waals surface area contributed by atoms with E-state index in [9.17, 15) is 9.59 Å². The summed E-state index contributed by atoms with van der Waals surface area (Å²) in [6.45, 7) is 4.29. The molecule has 9 heteroatoms. The zero-order chi connectivity index (χ0) is 23.3. The molecule has 0 saturated heterocycles. The molecule has 9 nitrogen and oxygen atoms in total. The van der Waals surface area contributed by atoms with Gasteiger partial charge in [0.2, 0.25) is 5.91 Å². The summed E-state index contributed by atoms with van der Waals surface area (Å²) in [7, 11) is 3.34. The summed E-state index contributed by atoms with van der Waals surface area (Å²) in [5, 5.41) is 9.04. The van der Waals surface area contributed by atoms with Crippen molar-refractivity contribution in [3.63, 3.8) is 0 Å². The lowest BCUT2D eigenvalue weighted by Gasteiger charge is -2.15. The highest BCUT2D eigenvalue weighted by Crippen LogP contribution is 2.41. The van der Waals surface area contributed by atoms with E-state index < -0.39 is 5.91 Å². The van der Waals surface area contributed by atoms with Crippen LogP contribution < -0.4 is 26.4 Å². The summed E-state index contributed by atoms with van der Waals surface area (Å²) < 4.78 is 5.44. The molecule has 0 bridgehead atoms. The number of rotatable bonds is 11. The van der Waals surface area contributed by atoms with Crippen molar-refractivity contribution in [2.45, 2.75) is 51.5 Å². The molecule has 1 atom stereocenters. The number of nitrogens with zero attached hydrogens (tertiary/aromatic N) is 2. The van der Waals surface area contributed by atoms with Gasteiger partial charge in [-0.2, -0.15) is 0 Å². The Morgan fingerprint density at radius 3 is 2.59 bits per heavy atom. The molecule has 2 amide bonds. The number of methoxy groups -OCH3 is 1. The summed E-state index contributed by atoms with van der Waals surface area (Å²) in [6.07, 6.45) is 3.47. The maximum atomic E-state index is 12.1. The van der Waals surface area contributed by atoms with E-state index in [1.165, 1.54) is 0 Å². The van der Waals surface area contributed by atoms with E-state index in [0.717, 1.165) is 29.8 Å². The van der Waals surface area contributed by atoms with E-state index in [0.29, 0.717) is 42.6 Å². The van der Waals surface area contributed by atoms with Crippen LogP contribution in [0.1, 0.15) is 60.0 Å². The minimum Gasteiger partial charge on any atom is -0.497 e. The van der Waals surface area contributed by atoms with Crippen molar-refractivity contribution in [3.8, 4) is 5.75 Å². The van der Waals surface area contributed by atoms with Crippen molar-refractivity contribution < 1.29 is 14.3 Å². The number of carbonyl (C=O) groups is 2. The summed E-state index contributed by atoms with van der Waals surface area (Å²) in [4.78, 5) is 33.3. The summed E-state index contributed by atoms with van der Waals surface area (Å²) in [6, 6.07) is 5.42. The first-order valence-corrected chi connectivity index (χ1v) is 11.0.